The van der Waals surface area contributed by atoms with Gasteiger partial charge in [0.1, 0.15) is 5.84 Å². The second kappa shape index (κ2) is 6.29. The summed E-state index contributed by atoms with van der Waals surface area (Å²) in [5.74, 6) is 0.0219. The fraction of sp³-hybridized carbons (Fsp3) is 0.533. The second-order valence-electron chi connectivity index (χ2n) is 5.33. The molecule has 0 aromatic heterocycles. The summed E-state index contributed by atoms with van der Waals surface area (Å²) in [7, 11) is 2.13. The minimum Gasteiger partial charge on any atom is -0.384 e. The third-order valence-electron chi connectivity index (χ3n) is 4.02. The number of halogens is 1. The van der Waals surface area contributed by atoms with Crippen LogP contribution in [0.4, 0.5) is 5.69 Å². The molecule has 0 unspecified atom stereocenters. The molecule has 0 bridgehead atoms. The lowest BCUT2D eigenvalue weighted by atomic mass is 10.1. The average Bonchev–Trinajstić information content (AvgIpc) is 2.66. The number of amidine groups is 1. The molecule has 104 valence electrons. The average molecular weight is 280 g/mol. The van der Waals surface area contributed by atoms with Gasteiger partial charge >= 0.3 is 0 Å². The minimum atomic E-state index is 0.0219. The lowest BCUT2D eigenvalue weighted by molar-refractivity contribution is 0.553. The summed E-state index contributed by atoms with van der Waals surface area (Å²) in [4.78, 5) is 2.32. The molecule has 4 heteroatoms. The molecule has 1 aromatic carbocycles. The molecule has 3 N–H and O–H groups in total. The van der Waals surface area contributed by atoms with Crippen molar-refractivity contribution in [2.45, 2.75) is 44.6 Å². The first kappa shape index (κ1) is 14.2. The molecule has 1 fully saturated rings. The van der Waals surface area contributed by atoms with E-state index in [1.165, 1.54) is 38.5 Å². The van der Waals surface area contributed by atoms with Gasteiger partial charge in [0.15, 0.2) is 0 Å². The Hall–Kier alpha value is -1.22. The summed E-state index contributed by atoms with van der Waals surface area (Å²) >= 11 is 6.19. The monoisotopic (exact) mass is 279 g/mol. The van der Waals surface area contributed by atoms with Crippen LogP contribution in [0.5, 0.6) is 0 Å². The van der Waals surface area contributed by atoms with Gasteiger partial charge in [-0.05, 0) is 31.0 Å². The fourth-order valence-corrected chi connectivity index (χ4v) is 3.07. The molecule has 0 aliphatic heterocycles. The smallest absolute Gasteiger partial charge is 0.124 e. The Labute approximate surface area is 120 Å². The molecule has 19 heavy (non-hydrogen) atoms. The van der Waals surface area contributed by atoms with Crippen LogP contribution < -0.4 is 10.6 Å². The van der Waals surface area contributed by atoms with E-state index in [2.05, 4.69) is 11.9 Å². The number of anilines is 1. The highest BCUT2D eigenvalue weighted by Crippen LogP contribution is 2.28. The van der Waals surface area contributed by atoms with Crippen LogP contribution in [-0.2, 0) is 0 Å². The molecule has 0 radical (unpaired) electrons. The van der Waals surface area contributed by atoms with Gasteiger partial charge < -0.3 is 10.6 Å². The molecule has 1 aliphatic rings. The lowest BCUT2D eigenvalue weighted by Crippen LogP contribution is -2.31. The van der Waals surface area contributed by atoms with Gasteiger partial charge in [-0.2, -0.15) is 0 Å². The third-order valence-corrected chi connectivity index (χ3v) is 4.34. The molecule has 0 spiro atoms. The van der Waals surface area contributed by atoms with E-state index in [1.54, 1.807) is 0 Å². The van der Waals surface area contributed by atoms with Crippen molar-refractivity contribution < 1.29 is 0 Å². The van der Waals surface area contributed by atoms with Crippen LogP contribution in [0.1, 0.15) is 44.1 Å². The van der Waals surface area contributed by atoms with Crippen molar-refractivity contribution in [1.82, 2.24) is 0 Å². The van der Waals surface area contributed by atoms with Gasteiger partial charge in [-0.1, -0.05) is 37.3 Å². The van der Waals surface area contributed by atoms with Crippen LogP contribution in [0.2, 0.25) is 5.02 Å². The van der Waals surface area contributed by atoms with Gasteiger partial charge in [0.2, 0.25) is 0 Å². The van der Waals surface area contributed by atoms with E-state index in [-0.39, 0.29) is 5.84 Å². The maximum absolute atomic E-state index is 7.46. The number of nitrogens with zero attached hydrogens (tertiary/aromatic N) is 1. The van der Waals surface area contributed by atoms with Crippen molar-refractivity contribution in [2.75, 3.05) is 11.9 Å². The first-order valence-electron chi connectivity index (χ1n) is 6.96. The highest BCUT2D eigenvalue weighted by Gasteiger charge is 2.18. The van der Waals surface area contributed by atoms with E-state index in [9.17, 15) is 0 Å². The Morgan fingerprint density at radius 1 is 1.26 bits per heavy atom. The summed E-state index contributed by atoms with van der Waals surface area (Å²) in [5.41, 5.74) is 7.21. The van der Waals surface area contributed by atoms with Crippen LogP contribution in [0.15, 0.2) is 18.2 Å². The van der Waals surface area contributed by atoms with Crippen molar-refractivity contribution in [3.63, 3.8) is 0 Å². The van der Waals surface area contributed by atoms with E-state index in [0.717, 1.165) is 5.69 Å². The molecule has 3 nitrogen and oxygen atoms in total. The largest absolute Gasteiger partial charge is 0.384 e. The molecule has 0 saturated heterocycles. The zero-order valence-electron chi connectivity index (χ0n) is 11.5. The maximum atomic E-state index is 7.46. The number of nitrogen functional groups attached to an aromatic ring is 1. The lowest BCUT2D eigenvalue weighted by Gasteiger charge is -2.29. The summed E-state index contributed by atoms with van der Waals surface area (Å²) in [5, 5.41) is 8.02. The highest BCUT2D eigenvalue weighted by molar-refractivity contribution is 6.34. The molecular weight excluding hydrogens is 258 g/mol. The number of rotatable bonds is 3. The second-order valence-corrected chi connectivity index (χ2v) is 5.74. The van der Waals surface area contributed by atoms with Gasteiger partial charge in [0.05, 0.1) is 5.02 Å². The van der Waals surface area contributed by atoms with Crippen molar-refractivity contribution in [1.29, 1.82) is 5.41 Å². The Balaban J connectivity index is 2.16. The Kier molecular flexibility index (Phi) is 4.70. The van der Waals surface area contributed by atoms with Crippen LogP contribution >= 0.6 is 11.6 Å². The summed E-state index contributed by atoms with van der Waals surface area (Å²) in [6, 6.07) is 6.37. The third kappa shape index (κ3) is 3.41. The summed E-state index contributed by atoms with van der Waals surface area (Å²) in [6.07, 6.45) is 7.84. The van der Waals surface area contributed by atoms with E-state index < -0.39 is 0 Å². The van der Waals surface area contributed by atoms with E-state index in [1.807, 2.05) is 18.2 Å². The first-order chi connectivity index (χ1) is 9.09. The quantitative estimate of drug-likeness (QED) is 0.502. The van der Waals surface area contributed by atoms with E-state index in [0.29, 0.717) is 16.6 Å². The molecule has 1 aliphatic carbocycles. The topological polar surface area (TPSA) is 53.1 Å². The number of nitrogens with one attached hydrogen (secondary N) is 1. The standard InChI is InChI=1S/C15H22ClN3/c1-19(11-6-4-2-3-5-7-11)12-8-9-13(15(17)18)14(16)10-12/h8-11H,2-7H2,1H3,(H3,17,18). The number of nitrogens with two attached hydrogens (primary N) is 1. The summed E-state index contributed by atoms with van der Waals surface area (Å²) in [6.45, 7) is 0. The maximum Gasteiger partial charge on any atom is 0.124 e. The van der Waals surface area contributed by atoms with Crippen molar-refractivity contribution >= 4 is 23.1 Å². The molecule has 0 amide bonds. The van der Waals surface area contributed by atoms with Crippen LogP contribution in [0.3, 0.4) is 0 Å². The van der Waals surface area contributed by atoms with Crippen LogP contribution in [0, 0.1) is 5.41 Å². The minimum absolute atomic E-state index is 0.0219. The van der Waals surface area contributed by atoms with Crippen molar-refractivity contribution in [3.05, 3.63) is 28.8 Å². The Morgan fingerprint density at radius 2 is 1.89 bits per heavy atom. The zero-order valence-corrected chi connectivity index (χ0v) is 12.2. The first-order valence-corrected chi connectivity index (χ1v) is 7.34. The van der Waals surface area contributed by atoms with Gasteiger partial charge in [-0.3, -0.25) is 5.41 Å². The number of benzene rings is 1. The molecule has 0 atom stereocenters. The van der Waals surface area contributed by atoms with Gasteiger partial charge in [-0.25, -0.2) is 0 Å². The SMILES string of the molecule is CN(c1ccc(C(=N)N)c(Cl)c1)C1CCCCCC1. The van der Waals surface area contributed by atoms with Gasteiger partial charge in [0, 0.05) is 24.3 Å². The number of hydrogen-bond acceptors (Lipinski definition) is 2. The normalized spacial score (nSPS) is 16.9. The molecule has 1 saturated carbocycles. The fourth-order valence-electron chi connectivity index (χ4n) is 2.80. The molecule has 1 aromatic rings. The molecular formula is C15H22ClN3. The van der Waals surface area contributed by atoms with Gasteiger partial charge in [0.25, 0.3) is 0 Å². The number of hydrogen-bond donors (Lipinski definition) is 2. The Morgan fingerprint density at radius 3 is 2.42 bits per heavy atom. The predicted octanol–water partition coefficient (Wildman–Crippen LogP) is 3.78. The Bertz CT molecular complexity index is 451. The van der Waals surface area contributed by atoms with Crippen molar-refractivity contribution in [2.24, 2.45) is 5.73 Å². The van der Waals surface area contributed by atoms with E-state index in [4.69, 9.17) is 22.7 Å². The molecule has 2 rings (SSSR count). The summed E-state index contributed by atoms with van der Waals surface area (Å²) < 4.78 is 0. The molecule has 0 heterocycles. The van der Waals surface area contributed by atoms with Crippen molar-refractivity contribution in [3.8, 4) is 0 Å². The van der Waals surface area contributed by atoms with Crippen LogP contribution in [-0.4, -0.2) is 18.9 Å². The van der Waals surface area contributed by atoms with Gasteiger partial charge in [-0.15, -0.1) is 0 Å². The van der Waals surface area contributed by atoms with Crippen LogP contribution in [0.25, 0.3) is 0 Å². The predicted molar refractivity (Wildman–Crippen MR) is 82.4 cm³/mol. The van der Waals surface area contributed by atoms with E-state index >= 15 is 0 Å². The highest BCUT2D eigenvalue weighted by atomic mass is 35.5. The zero-order chi connectivity index (χ0) is 13.8.